The van der Waals surface area contributed by atoms with Gasteiger partial charge in [0.1, 0.15) is 6.61 Å². The lowest BCUT2D eigenvalue weighted by Gasteiger charge is -2.22. The Morgan fingerprint density at radius 3 is 3.00 bits per heavy atom. The number of piperidine rings is 1. The van der Waals surface area contributed by atoms with E-state index in [1.54, 1.807) is 0 Å². The van der Waals surface area contributed by atoms with Gasteiger partial charge < -0.3 is 10.1 Å². The number of ether oxygens (including phenoxy) is 1. The second kappa shape index (κ2) is 5.97. The van der Waals surface area contributed by atoms with Crippen LogP contribution in [0.1, 0.15) is 39.0 Å². The highest BCUT2D eigenvalue weighted by Crippen LogP contribution is 2.07. The molecule has 1 heterocycles. The van der Waals surface area contributed by atoms with Gasteiger partial charge in [0.25, 0.3) is 0 Å². The Bertz CT molecular complexity index is 153. The maximum absolute atomic E-state index is 11.0. The number of nitrogens with one attached hydrogen (secondary N) is 1. The van der Waals surface area contributed by atoms with Crippen LogP contribution in [0.15, 0.2) is 0 Å². The first-order valence-corrected chi connectivity index (χ1v) is 5.22. The third kappa shape index (κ3) is 4.27. The second-order valence-electron chi connectivity index (χ2n) is 3.58. The van der Waals surface area contributed by atoms with Crippen molar-refractivity contribution in [2.75, 3.05) is 13.2 Å². The van der Waals surface area contributed by atoms with Crippen molar-refractivity contribution >= 4 is 5.97 Å². The van der Waals surface area contributed by atoms with E-state index < -0.39 is 0 Å². The lowest BCUT2D eigenvalue weighted by molar-refractivity contribution is -0.144. The zero-order chi connectivity index (χ0) is 9.52. The van der Waals surface area contributed by atoms with Crippen molar-refractivity contribution in [1.29, 1.82) is 0 Å². The van der Waals surface area contributed by atoms with Crippen molar-refractivity contribution in [3.63, 3.8) is 0 Å². The van der Waals surface area contributed by atoms with Crippen LogP contribution in [-0.4, -0.2) is 25.2 Å². The van der Waals surface area contributed by atoms with E-state index in [9.17, 15) is 4.79 Å². The van der Waals surface area contributed by atoms with Crippen LogP contribution in [0.4, 0.5) is 0 Å². The molecule has 0 bridgehead atoms. The SMILES string of the molecule is CCCC(=O)OC[C@@H]1CCCCN1. The zero-order valence-electron chi connectivity index (χ0n) is 8.34. The first kappa shape index (κ1) is 10.5. The molecule has 1 N–H and O–H groups in total. The maximum atomic E-state index is 11.0. The highest BCUT2D eigenvalue weighted by atomic mass is 16.5. The van der Waals surface area contributed by atoms with Gasteiger partial charge in [0.05, 0.1) is 0 Å². The van der Waals surface area contributed by atoms with Crippen LogP contribution in [0.2, 0.25) is 0 Å². The first-order valence-electron chi connectivity index (χ1n) is 5.22. The molecule has 76 valence electrons. The van der Waals surface area contributed by atoms with Gasteiger partial charge in [-0.25, -0.2) is 0 Å². The molecular formula is C10H19NO2. The van der Waals surface area contributed by atoms with Crippen LogP contribution < -0.4 is 5.32 Å². The van der Waals surface area contributed by atoms with E-state index in [0.717, 1.165) is 19.4 Å². The molecule has 1 aliphatic heterocycles. The molecule has 13 heavy (non-hydrogen) atoms. The predicted molar refractivity (Wildman–Crippen MR) is 51.5 cm³/mol. The Kier molecular flexibility index (Phi) is 4.83. The Labute approximate surface area is 79.8 Å². The zero-order valence-corrected chi connectivity index (χ0v) is 8.34. The Hall–Kier alpha value is -0.570. The summed E-state index contributed by atoms with van der Waals surface area (Å²) in [6.45, 7) is 3.61. The summed E-state index contributed by atoms with van der Waals surface area (Å²) in [7, 11) is 0. The van der Waals surface area contributed by atoms with Crippen molar-refractivity contribution in [1.82, 2.24) is 5.32 Å². The summed E-state index contributed by atoms with van der Waals surface area (Å²) in [5.41, 5.74) is 0. The van der Waals surface area contributed by atoms with Crippen LogP contribution in [-0.2, 0) is 9.53 Å². The lowest BCUT2D eigenvalue weighted by atomic mass is 10.1. The molecule has 3 nitrogen and oxygen atoms in total. The molecule has 0 aromatic carbocycles. The minimum Gasteiger partial charge on any atom is -0.464 e. The molecule has 0 radical (unpaired) electrons. The van der Waals surface area contributed by atoms with Crippen molar-refractivity contribution < 1.29 is 9.53 Å². The third-order valence-electron chi connectivity index (χ3n) is 2.31. The molecule has 3 heteroatoms. The summed E-state index contributed by atoms with van der Waals surface area (Å²) < 4.78 is 5.12. The quantitative estimate of drug-likeness (QED) is 0.674. The number of hydrogen-bond acceptors (Lipinski definition) is 3. The molecule has 1 rings (SSSR count). The monoisotopic (exact) mass is 185 g/mol. The Morgan fingerprint density at radius 1 is 1.54 bits per heavy atom. The van der Waals surface area contributed by atoms with Crippen LogP contribution in [0.3, 0.4) is 0 Å². The first-order chi connectivity index (χ1) is 6.33. The minimum absolute atomic E-state index is 0.0603. The summed E-state index contributed by atoms with van der Waals surface area (Å²) in [6, 6.07) is 0.398. The number of hydrogen-bond donors (Lipinski definition) is 1. The molecule has 1 fully saturated rings. The fraction of sp³-hybridized carbons (Fsp3) is 0.900. The third-order valence-corrected chi connectivity index (χ3v) is 2.31. The smallest absolute Gasteiger partial charge is 0.305 e. The molecule has 0 spiro atoms. The van der Waals surface area contributed by atoms with E-state index in [4.69, 9.17) is 4.74 Å². The number of rotatable bonds is 4. The Morgan fingerprint density at radius 2 is 2.38 bits per heavy atom. The van der Waals surface area contributed by atoms with E-state index in [1.165, 1.54) is 12.8 Å². The van der Waals surface area contributed by atoms with Gasteiger partial charge in [-0.3, -0.25) is 4.79 Å². The molecule has 0 aliphatic carbocycles. The van der Waals surface area contributed by atoms with E-state index in [2.05, 4.69) is 5.32 Å². The topological polar surface area (TPSA) is 38.3 Å². The average Bonchev–Trinajstić information content (AvgIpc) is 2.17. The standard InChI is InChI=1S/C10H19NO2/c1-2-5-10(12)13-8-9-6-3-4-7-11-9/h9,11H,2-8H2,1H3/t9-/m0/s1. The van der Waals surface area contributed by atoms with Crippen molar-refractivity contribution in [2.24, 2.45) is 0 Å². The molecule has 0 aromatic heterocycles. The van der Waals surface area contributed by atoms with Gasteiger partial charge in [-0.05, 0) is 25.8 Å². The van der Waals surface area contributed by atoms with Crippen molar-refractivity contribution in [2.45, 2.75) is 45.1 Å². The highest BCUT2D eigenvalue weighted by Gasteiger charge is 2.13. The van der Waals surface area contributed by atoms with Crippen molar-refractivity contribution in [3.05, 3.63) is 0 Å². The Balaban J connectivity index is 2.06. The molecule has 0 aromatic rings. The predicted octanol–water partition coefficient (Wildman–Crippen LogP) is 1.47. The summed E-state index contributed by atoms with van der Waals surface area (Å²) in [5, 5.41) is 3.34. The van der Waals surface area contributed by atoms with Crippen molar-refractivity contribution in [3.8, 4) is 0 Å². The number of carbonyl (C=O) groups is 1. The van der Waals surface area contributed by atoms with Gasteiger partial charge in [0.2, 0.25) is 0 Å². The molecule has 0 unspecified atom stereocenters. The minimum atomic E-state index is -0.0603. The van der Waals surface area contributed by atoms with Crippen LogP contribution in [0.5, 0.6) is 0 Å². The van der Waals surface area contributed by atoms with Gasteiger partial charge >= 0.3 is 5.97 Å². The molecule has 1 saturated heterocycles. The van der Waals surface area contributed by atoms with Gasteiger partial charge in [-0.2, -0.15) is 0 Å². The van der Waals surface area contributed by atoms with Gasteiger partial charge in [0.15, 0.2) is 0 Å². The van der Waals surface area contributed by atoms with Crippen LogP contribution in [0, 0.1) is 0 Å². The van der Waals surface area contributed by atoms with E-state index in [-0.39, 0.29) is 5.97 Å². The number of carbonyl (C=O) groups excluding carboxylic acids is 1. The summed E-state index contributed by atoms with van der Waals surface area (Å²) in [5.74, 6) is -0.0603. The van der Waals surface area contributed by atoms with Gasteiger partial charge in [-0.1, -0.05) is 13.3 Å². The van der Waals surface area contributed by atoms with Gasteiger partial charge in [0, 0.05) is 12.5 Å². The molecule has 0 saturated carbocycles. The largest absolute Gasteiger partial charge is 0.464 e. The maximum Gasteiger partial charge on any atom is 0.305 e. The molecule has 0 amide bonds. The van der Waals surface area contributed by atoms with Crippen LogP contribution in [0.25, 0.3) is 0 Å². The second-order valence-corrected chi connectivity index (χ2v) is 3.58. The molecule has 1 aliphatic rings. The highest BCUT2D eigenvalue weighted by molar-refractivity contribution is 5.69. The normalized spacial score (nSPS) is 22.7. The summed E-state index contributed by atoms with van der Waals surface area (Å²) in [6.07, 6.45) is 5.06. The lowest BCUT2D eigenvalue weighted by Crippen LogP contribution is -2.38. The summed E-state index contributed by atoms with van der Waals surface area (Å²) in [4.78, 5) is 11.0. The van der Waals surface area contributed by atoms with E-state index in [0.29, 0.717) is 19.1 Å². The van der Waals surface area contributed by atoms with Gasteiger partial charge in [-0.15, -0.1) is 0 Å². The molecule has 1 atom stereocenters. The number of esters is 1. The summed E-state index contributed by atoms with van der Waals surface area (Å²) >= 11 is 0. The average molecular weight is 185 g/mol. The van der Waals surface area contributed by atoms with Crippen LogP contribution >= 0.6 is 0 Å². The van der Waals surface area contributed by atoms with E-state index in [1.807, 2.05) is 6.92 Å². The van der Waals surface area contributed by atoms with E-state index >= 15 is 0 Å². The fourth-order valence-electron chi connectivity index (χ4n) is 1.54. The molecular weight excluding hydrogens is 166 g/mol. The fourth-order valence-corrected chi connectivity index (χ4v) is 1.54.